The largest absolute Gasteiger partial charge is 4.00 e. The molecule has 0 aromatic heterocycles. The van der Waals surface area contributed by atoms with Gasteiger partial charge in [0.05, 0.1) is 0 Å². The number of rotatable bonds is 0. The minimum atomic E-state index is -0.417. The smallest absolute Gasteiger partial charge is 0.852 e. The Labute approximate surface area is 104 Å². The van der Waals surface area contributed by atoms with Crippen LogP contribution in [0.1, 0.15) is 27.7 Å². The topological polar surface area (TPSA) is 164 Å². The Morgan fingerprint density at radius 2 is 0.733 bits per heavy atom. The summed E-state index contributed by atoms with van der Waals surface area (Å²) in [5, 5.41) is 19.1. The first-order chi connectivity index (χ1) is 6.29. The average Bonchev–Trinajstić information content (AvgIpc) is 1.85. The normalized spacial score (nSPS) is 5.87. The molecule has 0 fully saturated rings. The van der Waals surface area contributed by atoms with Crippen LogP contribution in [0.5, 0.6) is 0 Å². The molecule has 9 heteroatoms. The van der Waals surface area contributed by atoms with E-state index in [0.717, 1.165) is 0 Å². The summed E-state index contributed by atoms with van der Waals surface area (Å²) in [5.74, 6) is 0. The van der Waals surface area contributed by atoms with E-state index in [4.69, 9.17) is 22.1 Å². The van der Waals surface area contributed by atoms with Gasteiger partial charge in [-0.3, -0.25) is 9.82 Å². The molecule has 84 valence electrons. The van der Waals surface area contributed by atoms with Crippen LogP contribution in [0.15, 0.2) is 0 Å². The molecule has 0 amide bonds. The molecule has 0 aliphatic heterocycles. The Bertz CT molecular complexity index is 128. The third kappa shape index (κ3) is 3020. The zero-order valence-corrected chi connectivity index (χ0v) is 10.7. The van der Waals surface area contributed by atoms with Gasteiger partial charge in [0.1, 0.15) is 0 Å². The van der Waals surface area contributed by atoms with Crippen molar-refractivity contribution in [2.45, 2.75) is 39.9 Å². The van der Waals surface area contributed by atoms with Crippen LogP contribution in [0, 0.1) is 0 Å². The summed E-state index contributed by atoms with van der Waals surface area (Å²) in [6, 6.07) is 0. The molecular formula is C6H14N6O2Ti. The molecule has 0 aliphatic rings. The van der Waals surface area contributed by atoms with Gasteiger partial charge in [-0.1, -0.05) is 27.7 Å². The van der Waals surface area contributed by atoms with E-state index in [1.54, 1.807) is 27.7 Å². The minimum absolute atomic E-state index is 0. The molecule has 15 heavy (non-hydrogen) atoms. The van der Waals surface area contributed by atoms with Gasteiger partial charge in [0.25, 0.3) is 0 Å². The van der Waals surface area contributed by atoms with Crippen LogP contribution in [-0.4, -0.2) is 12.2 Å². The fraction of sp³-hybridized carbons (Fsp3) is 1.00. The Morgan fingerprint density at radius 1 is 0.733 bits per heavy atom. The molecule has 0 heterocycles. The van der Waals surface area contributed by atoms with Crippen molar-refractivity contribution >= 4 is 0 Å². The molecule has 0 atom stereocenters. The second-order valence-electron chi connectivity index (χ2n) is 2.28. The number of nitrogens with zero attached hydrogens (tertiary/aromatic N) is 6. The molecule has 8 nitrogen and oxygen atoms in total. The van der Waals surface area contributed by atoms with Gasteiger partial charge in [-0.05, 0) is 0 Å². The Hall–Kier alpha value is -0.746. The van der Waals surface area contributed by atoms with Crippen LogP contribution in [-0.2, 0) is 21.7 Å². The zero-order chi connectivity index (χ0) is 12.6. The van der Waals surface area contributed by atoms with Gasteiger partial charge in [0.15, 0.2) is 0 Å². The number of hydrogen-bond acceptors (Lipinski definition) is 2. The van der Waals surface area contributed by atoms with E-state index in [2.05, 4.69) is 0 Å². The molecule has 0 aromatic carbocycles. The quantitative estimate of drug-likeness (QED) is 0.273. The fourth-order valence-electron chi connectivity index (χ4n) is 0. The van der Waals surface area contributed by atoms with Crippen molar-refractivity contribution < 1.29 is 31.9 Å². The van der Waals surface area contributed by atoms with Gasteiger partial charge in [0.2, 0.25) is 0 Å². The predicted molar refractivity (Wildman–Crippen MR) is 50.4 cm³/mol. The van der Waals surface area contributed by atoms with Crippen molar-refractivity contribution in [3.8, 4) is 0 Å². The molecule has 0 rings (SSSR count). The summed E-state index contributed by atoms with van der Waals surface area (Å²) in [4.78, 5) is 3.00. The summed E-state index contributed by atoms with van der Waals surface area (Å²) < 4.78 is 0. The second-order valence-corrected chi connectivity index (χ2v) is 2.28. The number of hydrogen-bond donors (Lipinski definition) is 0. The van der Waals surface area contributed by atoms with E-state index in [1.165, 1.54) is 9.82 Å². The third-order valence-corrected chi connectivity index (χ3v) is 0. The van der Waals surface area contributed by atoms with Crippen LogP contribution in [0.25, 0.3) is 31.9 Å². The van der Waals surface area contributed by atoms with Gasteiger partial charge >= 0.3 is 21.7 Å². The Kier molecular flexibility index (Phi) is 73.7. The van der Waals surface area contributed by atoms with Crippen LogP contribution >= 0.6 is 0 Å². The monoisotopic (exact) mass is 250 g/mol. The van der Waals surface area contributed by atoms with Crippen LogP contribution in [0.4, 0.5) is 0 Å². The molecule has 0 unspecified atom stereocenters. The van der Waals surface area contributed by atoms with E-state index < -0.39 is 12.2 Å². The summed E-state index contributed by atoms with van der Waals surface area (Å²) in [5.41, 5.74) is 27.0. The van der Waals surface area contributed by atoms with Crippen LogP contribution in [0.2, 0.25) is 0 Å². The first-order valence-corrected chi connectivity index (χ1v) is 3.58. The van der Waals surface area contributed by atoms with Crippen LogP contribution < -0.4 is 10.2 Å². The molecule has 0 N–H and O–H groups in total. The van der Waals surface area contributed by atoms with E-state index in [-0.39, 0.29) is 21.7 Å². The predicted octanol–water partition coefficient (Wildman–Crippen LogP) is 1.24. The first kappa shape index (κ1) is 29.2. The molecule has 0 aliphatic carbocycles. The maximum Gasteiger partial charge on any atom is 4.00 e. The van der Waals surface area contributed by atoms with E-state index in [9.17, 15) is 10.2 Å². The van der Waals surface area contributed by atoms with E-state index in [1.807, 2.05) is 0 Å². The van der Waals surface area contributed by atoms with Crippen molar-refractivity contribution in [1.82, 2.24) is 0 Å². The van der Waals surface area contributed by atoms with Gasteiger partial charge in [-0.2, -0.15) is 0 Å². The zero-order valence-electron chi connectivity index (χ0n) is 9.15. The van der Waals surface area contributed by atoms with Gasteiger partial charge in [-0.25, -0.2) is 0 Å². The molecule has 0 spiro atoms. The summed E-state index contributed by atoms with van der Waals surface area (Å²) >= 11 is 0. The van der Waals surface area contributed by atoms with Crippen molar-refractivity contribution in [3.63, 3.8) is 0 Å². The van der Waals surface area contributed by atoms with Crippen molar-refractivity contribution in [1.29, 1.82) is 0 Å². The van der Waals surface area contributed by atoms with Crippen molar-refractivity contribution in [2.75, 3.05) is 0 Å². The van der Waals surface area contributed by atoms with Gasteiger partial charge in [0, 0.05) is 0 Å². The minimum Gasteiger partial charge on any atom is -0.852 e. The maximum atomic E-state index is 9.53. The first-order valence-electron chi connectivity index (χ1n) is 3.58. The summed E-state index contributed by atoms with van der Waals surface area (Å²) in [7, 11) is 0. The maximum absolute atomic E-state index is 9.53. The van der Waals surface area contributed by atoms with Crippen molar-refractivity contribution in [2.24, 2.45) is 0 Å². The van der Waals surface area contributed by atoms with Crippen LogP contribution in [0.3, 0.4) is 0 Å². The average molecular weight is 250 g/mol. The Morgan fingerprint density at radius 3 is 0.733 bits per heavy atom. The third-order valence-electron chi connectivity index (χ3n) is 0. The second kappa shape index (κ2) is 37.8. The van der Waals surface area contributed by atoms with E-state index in [0.29, 0.717) is 0 Å². The van der Waals surface area contributed by atoms with Crippen molar-refractivity contribution in [3.05, 3.63) is 31.9 Å². The molecule has 0 radical (unpaired) electrons. The van der Waals surface area contributed by atoms with Gasteiger partial charge < -0.3 is 32.3 Å². The standard InChI is InChI=1S/2C3H7O.2N3.Ti/c2*1-3(2)4;2*1-3-2;/h2*3H,1-2H3;;;/q4*-1;+4. The SMILES string of the molecule is CC(C)[O-].CC(C)[O-].[N-]=[N+]=[N-].[N-]=[N+]=[N-].[Ti+4]. The molecule has 0 aromatic rings. The molecule has 0 saturated carbocycles. The fourth-order valence-corrected chi connectivity index (χ4v) is 0. The van der Waals surface area contributed by atoms with Gasteiger partial charge in [-0.15, -0.1) is 12.2 Å². The van der Waals surface area contributed by atoms with E-state index >= 15 is 0 Å². The summed E-state index contributed by atoms with van der Waals surface area (Å²) in [6.07, 6.45) is -0.833. The molecule has 0 bridgehead atoms. The molecular weight excluding hydrogens is 236 g/mol. The molecule has 0 saturated heterocycles. The summed E-state index contributed by atoms with van der Waals surface area (Å²) in [6.45, 7) is 6.44. The Balaban J connectivity index is -0.0000000293.